The highest BCUT2D eigenvalue weighted by atomic mass is 19.1. The second-order valence-electron chi connectivity index (χ2n) is 3.09. The van der Waals surface area contributed by atoms with Crippen LogP contribution in [0.5, 0.6) is 0 Å². The van der Waals surface area contributed by atoms with Crippen LogP contribution in [0.2, 0.25) is 0 Å². The van der Waals surface area contributed by atoms with Crippen LogP contribution in [-0.2, 0) is 6.42 Å². The van der Waals surface area contributed by atoms with Gasteiger partial charge in [0.05, 0.1) is 0 Å². The van der Waals surface area contributed by atoms with Crippen LogP contribution in [-0.4, -0.2) is 4.98 Å². The van der Waals surface area contributed by atoms with Crippen LogP contribution in [0.4, 0.5) is 4.39 Å². The molecular weight excluding hydrogens is 177 g/mol. The Morgan fingerprint density at radius 3 is 2.50 bits per heavy atom. The van der Waals surface area contributed by atoms with Crippen molar-refractivity contribution in [3.63, 3.8) is 0 Å². The summed E-state index contributed by atoms with van der Waals surface area (Å²) in [6, 6.07) is 12.4. The van der Waals surface area contributed by atoms with E-state index in [1.54, 1.807) is 18.3 Å². The van der Waals surface area contributed by atoms with Crippen molar-refractivity contribution in [3.8, 4) is 0 Å². The summed E-state index contributed by atoms with van der Waals surface area (Å²) in [6.45, 7) is 0. The van der Waals surface area contributed by atoms with Gasteiger partial charge in [0.15, 0.2) is 0 Å². The molecule has 1 aromatic heterocycles. The van der Waals surface area contributed by atoms with Gasteiger partial charge in [-0.15, -0.1) is 0 Å². The molecule has 0 fully saturated rings. The van der Waals surface area contributed by atoms with Crippen LogP contribution in [0.15, 0.2) is 48.7 Å². The molecule has 2 heteroatoms. The first kappa shape index (κ1) is 8.88. The van der Waals surface area contributed by atoms with E-state index < -0.39 is 0 Å². The molecule has 0 amide bonds. The van der Waals surface area contributed by atoms with Gasteiger partial charge in [0.2, 0.25) is 0 Å². The number of aromatic nitrogens is 1. The lowest BCUT2D eigenvalue weighted by atomic mass is 10.1. The van der Waals surface area contributed by atoms with Gasteiger partial charge < -0.3 is 0 Å². The Morgan fingerprint density at radius 2 is 1.79 bits per heavy atom. The molecule has 14 heavy (non-hydrogen) atoms. The Morgan fingerprint density at radius 1 is 1.00 bits per heavy atom. The lowest BCUT2D eigenvalue weighted by Gasteiger charge is -2.01. The normalized spacial score (nSPS) is 10.1. The van der Waals surface area contributed by atoms with Gasteiger partial charge in [0.1, 0.15) is 5.82 Å². The van der Waals surface area contributed by atoms with Gasteiger partial charge in [-0.3, -0.25) is 4.98 Å². The van der Waals surface area contributed by atoms with Gasteiger partial charge >= 0.3 is 0 Å². The molecule has 0 radical (unpaired) electrons. The maximum atomic E-state index is 13.2. The van der Waals surface area contributed by atoms with Crippen molar-refractivity contribution in [1.82, 2.24) is 4.98 Å². The van der Waals surface area contributed by atoms with Crippen molar-refractivity contribution in [2.24, 2.45) is 0 Å². The fourth-order valence-corrected chi connectivity index (χ4v) is 1.34. The molecule has 0 spiro atoms. The number of halogens is 1. The summed E-state index contributed by atoms with van der Waals surface area (Å²) < 4.78 is 13.2. The molecule has 2 aromatic rings. The number of benzene rings is 1. The number of pyridine rings is 1. The van der Waals surface area contributed by atoms with Crippen LogP contribution >= 0.6 is 0 Å². The van der Waals surface area contributed by atoms with Crippen molar-refractivity contribution < 1.29 is 4.39 Å². The first-order valence-electron chi connectivity index (χ1n) is 4.49. The summed E-state index contributed by atoms with van der Waals surface area (Å²) in [5.41, 5.74) is 1.57. The first-order valence-corrected chi connectivity index (χ1v) is 4.49. The highest BCUT2D eigenvalue weighted by molar-refractivity contribution is 5.23. The summed E-state index contributed by atoms with van der Waals surface area (Å²) in [6.07, 6.45) is 2.27. The van der Waals surface area contributed by atoms with Gasteiger partial charge in [0, 0.05) is 18.3 Å². The summed E-state index contributed by atoms with van der Waals surface area (Å²) in [5, 5.41) is 0. The van der Waals surface area contributed by atoms with Gasteiger partial charge in [-0.1, -0.05) is 24.3 Å². The maximum Gasteiger partial charge on any atom is 0.126 e. The van der Waals surface area contributed by atoms with E-state index in [0.29, 0.717) is 12.0 Å². The molecule has 1 aromatic carbocycles. The van der Waals surface area contributed by atoms with Crippen LogP contribution < -0.4 is 0 Å². The van der Waals surface area contributed by atoms with Crippen molar-refractivity contribution in [2.45, 2.75) is 6.42 Å². The Bertz CT molecular complexity index is 412. The first-order chi connectivity index (χ1) is 6.86. The van der Waals surface area contributed by atoms with Gasteiger partial charge in [-0.2, -0.15) is 0 Å². The SMILES string of the molecule is Fc1ccccc1Cc1ccccn1. The Hall–Kier alpha value is -1.70. The third kappa shape index (κ3) is 1.96. The molecule has 1 nitrogen and oxygen atoms in total. The largest absolute Gasteiger partial charge is 0.261 e. The van der Waals surface area contributed by atoms with Crippen LogP contribution in [0.1, 0.15) is 11.3 Å². The van der Waals surface area contributed by atoms with Crippen molar-refractivity contribution in [2.75, 3.05) is 0 Å². The predicted molar refractivity (Wildman–Crippen MR) is 53.4 cm³/mol. The molecular formula is C12H10FN. The van der Waals surface area contributed by atoms with Crippen LogP contribution in [0.25, 0.3) is 0 Å². The Kier molecular flexibility index (Phi) is 2.54. The van der Waals surface area contributed by atoms with Crippen LogP contribution in [0, 0.1) is 5.82 Å². The molecule has 0 atom stereocenters. The molecule has 0 saturated carbocycles. The number of nitrogens with zero attached hydrogens (tertiary/aromatic N) is 1. The average molecular weight is 187 g/mol. The Labute approximate surface area is 82.2 Å². The zero-order valence-corrected chi connectivity index (χ0v) is 7.65. The molecule has 0 N–H and O–H groups in total. The van der Waals surface area contributed by atoms with Gasteiger partial charge in [0.25, 0.3) is 0 Å². The van der Waals surface area contributed by atoms with Crippen molar-refractivity contribution in [1.29, 1.82) is 0 Å². The summed E-state index contributed by atoms with van der Waals surface area (Å²) in [7, 11) is 0. The Balaban J connectivity index is 2.24. The predicted octanol–water partition coefficient (Wildman–Crippen LogP) is 2.81. The quantitative estimate of drug-likeness (QED) is 0.704. The molecule has 0 bridgehead atoms. The summed E-state index contributed by atoms with van der Waals surface area (Å²) in [4.78, 5) is 4.15. The fraction of sp³-hybridized carbons (Fsp3) is 0.0833. The molecule has 0 saturated heterocycles. The molecule has 0 aliphatic heterocycles. The van der Waals surface area contributed by atoms with Crippen LogP contribution in [0.3, 0.4) is 0 Å². The van der Waals surface area contributed by atoms with E-state index in [1.807, 2.05) is 24.3 Å². The van der Waals surface area contributed by atoms with E-state index in [1.165, 1.54) is 6.07 Å². The smallest absolute Gasteiger partial charge is 0.126 e. The molecule has 1 heterocycles. The molecule has 2 rings (SSSR count). The molecule has 0 aliphatic carbocycles. The van der Waals surface area contributed by atoms with E-state index in [-0.39, 0.29) is 5.82 Å². The minimum absolute atomic E-state index is 0.168. The number of hydrogen-bond donors (Lipinski definition) is 0. The standard InChI is InChI=1S/C12H10FN/c13-12-7-2-1-5-10(12)9-11-6-3-4-8-14-11/h1-8H,9H2. The summed E-state index contributed by atoms with van der Waals surface area (Å²) >= 11 is 0. The van der Waals surface area contributed by atoms with Crippen molar-refractivity contribution in [3.05, 3.63) is 65.7 Å². The van der Waals surface area contributed by atoms with Gasteiger partial charge in [-0.05, 0) is 23.8 Å². The minimum Gasteiger partial charge on any atom is -0.261 e. The van der Waals surface area contributed by atoms with E-state index in [9.17, 15) is 4.39 Å². The zero-order chi connectivity index (χ0) is 9.80. The average Bonchev–Trinajstić information content (AvgIpc) is 2.23. The van der Waals surface area contributed by atoms with Crippen molar-refractivity contribution >= 4 is 0 Å². The van der Waals surface area contributed by atoms with E-state index in [0.717, 1.165) is 5.69 Å². The third-order valence-corrected chi connectivity index (χ3v) is 2.06. The number of rotatable bonds is 2. The maximum absolute atomic E-state index is 13.2. The van der Waals surface area contributed by atoms with E-state index in [2.05, 4.69) is 4.98 Å². The molecule has 0 aliphatic rings. The monoisotopic (exact) mass is 187 g/mol. The zero-order valence-electron chi connectivity index (χ0n) is 7.65. The van der Waals surface area contributed by atoms with E-state index in [4.69, 9.17) is 0 Å². The molecule has 0 unspecified atom stereocenters. The molecule has 70 valence electrons. The fourth-order valence-electron chi connectivity index (χ4n) is 1.34. The topological polar surface area (TPSA) is 12.9 Å². The number of hydrogen-bond acceptors (Lipinski definition) is 1. The van der Waals surface area contributed by atoms with E-state index >= 15 is 0 Å². The lowest BCUT2D eigenvalue weighted by Crippen LogP contribution is -1.93. The minimum atomic E-state index is -0.168. The third-order valence-electron chi connectivity index (χ3n) is 2.06. The lowest BCUT2D eigenvalue weighted by molar-refractivity contribution is 0.613. The second kappa shape index (κ2) is 4.01. The van der Waals surface area contributed by atoms with Gasteiger partial charge in [-0.25, -0.2) is 4.39 Å². The summed E-state index contributed by atoms with van der Waals surface area (Å²) in [5.74, 6) is -0.168. The highest BCUT2D eigenvalue weighted by Crippen LogP contribution is 2.10. The highest BCUT2D eigenvalue weighted by Gasteiger charge is 2.01. The second-order valence-corrected chi connectivity index (χ2v) is 3.09.